The molecule has 3 rings (SSSR count). The summed E-state index contributed by atoms with van der Waals surface area (Å²) in [6.07, 6.45) is 4.18. The lowest BCUT2D eigenvalue weighted by Crippen LogP contribution is -2.20. The van der Waals surface area contributed by atoms with Gasteiger partial charge in [0.1, 0.15) is 0 Å². The van der Waals surface area contributed by atoms with Crippen molar-refractivity contribution in [3.63, 3.8) is 0 Å². The van der Waals surface area contributed by atoms with E-state index < -0.39 is 17.2 Å². The number of rotatable bonds is 5. The predicted molar refractivity (Wildman–Crippen MR) is 88.7 cm³/mol. The summed E-state index contributed by atoms with van der Waals surface area (Å²) in [6.45, 7) is 4.28. The number of halogens is 2. The van der Waals surface area contributed by atoms with Crippen LogP contribution in [0.3, 0.4) is 0 Å². The van der Waals surface area contributed by atoms with E-state index in [4.69, 9.17) is 0 Å². The Morgan fingerprint density at radius 2 is 1.96 bits per heavy atom. The maximum absolute atomic E-state index is 13.4. The molecule has 0 aliphatic heterocycles. The molecule has 5 nitrogen and oxygen atoms in total. The molecule has 0 spiro atoms. The highest BCUT2D eigenvalue weighted by molar-refractivity contribution is 7.99. The highest BCUT2D eigenvalue weighted by Gasteiger charge is 2.13. The SMILES string of the molecule is CC(C)CCSc1nnc2c(=O)n(-c3ccc(F)c(F)c3)ccn12. The average Bonchev–Trinajstić information content (AvgIpc) is 2.94. The van der Waals surface area contributed by atoms with Crippen molar-refractivity contribution in [1.29, 1.82) is 0 Å². The van der Waals surface area contributed by atoms with Crippen LogP contribution >= 0.6 is 11.8 Å². The molecule has 0 amide bonds. The fourth-order valence-corrected chi connectivity index (χ4v) is 3.35. The number of hydrogen-bond acceptors (Lipinski definition) is 4. The zero-order valence-electron chi connectivity index (χ0n) is 13.2. The molecule has 3 aromatic rings. The van der Waals surface area contributed by atoms with E-state index in [1.807, 2.05) is 0 Å². The first-order valence-corrected chi connectivity index (χ1v) is 8.50. The molecule has 0 bridgehead atoms. The average molecular weight is 350 g/mol. The fraction of sp³-hybridized carbons (Fsp3) is 0.312. The van der Waals surface area contributed by atoms with Gasteiger partial charge in [0.15, 0.2) is 16.8 Å². The van der Waals surface area contributed by atoms with Gasteiger partial charge in [-0.3, -0.25) is 13.8 Å². The van der Waals surface area contributed by atoms with E-state index in [1.54, 1.807) is 10.6 Å². The van der Waals surface area contributed by atoms with Crippen molar-refractivity contribution in [2.45, 2.75) is 25.4 Å². The Kier molecular flexibility index (Phi) is 4.66. The van der Waals surface area contributed by atoms with Gasteiger partial charge in [0.05, 0.1) is 5.69 Å². The van der Waals surface area contributed by atoms with Crippen molar-refractivity contribution >= 4 is 17.4 Å². The van der Waals surface area contributed by atoms with Crippen LogP contribution in [0.25, 0.3) is 11.3 Å². The second-order valence-electron chi connectivity index (χ2n) is 5.78. The molecule has 0 fully saturated rings. The van der Waals surface area contributed by atoms with Gasteiger partial charge in [-0.1, -0.05) is 25.6 Å². The molecule has 24 heavy (non-hydrogen) atoms. The Bertz CT molecular complexity index is 935. The Morgan fingerprint density at radius 1 is 1.17 bits per heavy atom. The van der Waals surface area contributed by atoms with Gasteiger partial charge >= 0.3 is 5.56 Å². The van der Waals surface area contributed by atoms with E-state index in [2.05, 4.69) is 24.0 Å². The second-order valence-corrected chi connectivity index (χ2v) is 6.84. The summed E-state index contributed by atoms with van der Waals surface area (Å²) in [5.74, 6) is -0.503. The largest absolute Gasteiger partial charge is 0.300 e. The van der Waals surface area contributed by atoms with Crippen molar-refractivity contribution in [2.24, 2.45) is 5.92 Å². The van der Waals surface area contributed by atoms with Crippen molar-refractivity contribution in [2.75, 3.05) is 5.75 Å². The van der Waals surface area contributed by atoms with Crippen LogP contribution in [-0.4, -0.2) is 24.9 Å². The van der Waals surface area contributed by atoms with E-state index in [9.17, 15) is 13.6 Å². The molecule has 0 aliphatic carbocycles. The van der Waals surface area contributed by atoms with Gasteiger partial charge in [-0.15, -0.1) is 10.2 Å². The Morgan fingerprint density at radius 3 is 2.67 bits per heavy atom. The molecule has 126 valence electrons. The highest BCUT2D eigenvalue weighted by atomic mass is 32.2. The van der Waals surface area contributed by atoms with E-state index in [0.29, 0.717) is 11.1 Å². The number of hydrogen-bond donors (Lipinski definition) is 0. The van der Waals surface area contributed by atoms with Crippen LogP contribution in [0, 0.1) is 17.6 Å². The summed E-state index contributed by atoms with van der Waals surface area (Å²) in [6, 6.07) is 3.30. The van der Waals surface area contributed by atoms with Crippen LogP contribution in [-0.2, 0) is 0 Å². The molecule has 2 aromatic heterocycles. The van der Waals surface area contributed by atoms with Crippen LogP contribution in [0.1, 0.15) is 20.3 Å². The highest BCUT2D eigenvalue weighted by Crippen LogP contribution is 2.19. The number of nitrogens with zero attached hydrogens (tertiary/aromatic N) is 4. The number of thioether (sulfide) groups is 1. The smallest absolute Gasteiger partial charge is 0.279 e. The second kappa shape index (κ2) is 6.72. The summed E-state index contributed by atoms with van der Waals surface area (Å²) < 4.78 is 29.3. The summed E-state index contributed by atoms with van der Waals surface area (Å²) in [5.41, 5.74) is -0.0561. The quantitative estimate of drug-likeness (QED) is 0.663. The zero-order chi connectivity index (χ0) is 17.3. The van der Waals surface area contributed by atoms with Gasteiger partial charge in [-0.25, -0.2) is 8.78 Å². The fourth-order valence-electron chi connectivity index (χ4n) is 2.19. The lowest BCUT2D eigenvalue weighted by molar-refractivity contribution is 0.508. The standard InChI is InChI=1S/C16H16F2N4OS/c1-10(2)5-8-24-16-20-19-14-15(23)21(6-7-22(14)16)11-3-4-12(17)13(18)9-11/h3-4,6-7,9-10H,5,8H2,1-2H3. The number of benzene rings is 1. The summed E-state index contributed by atoms with van der Waals surface area (Å²) in [4.78, 5) is 12.5. The molecular formula is C16H16F2N4OS. The van der Waals surface area contributed by atoms with Gasteiger partial charge < -0.3 is 0 Å². The van der Waals surface area contributed by atoms with Gasteiger partial charge in [0.25, 0.3) is 0 Å². The van der Waals surface area contributed by atoms with Crippen LogP contribution < -0.4 is 5.56 Å². The molecule has 0 atom stereocenters. The van der Waals surface area contributed by atoms with Gasteiger partial charge in [0, 0.05) is 24.2 Å². The van der Waals surface area contributed by atoms with Gasteiger partial charge in [0.2, 0.25) is 5.65 Å². The molecule has 0 aliphatic rings. The Hall–Kier alpha value is -2.22. The van der Waals surface area contributed by atoms with Crippen LogP contribution in [0.5, 0.6) is 0 Å². The molecule has 0 saturated carbocycles. The van der Waals surface area contributed by atoms with Crippen molar-refractivity contribution in [1.82, 2.24) is 19.2 Å². The van der Waals surface area contributed by atoms with Crippen LogP contribution in [0.15, 0.2) is 40.5 Å². The number of fused-ring (bicyclic) bond motifs is 1. The van der Waals surface area contributed by atoms with Crippen molar-refractivity contribution in [3.8, 4) is 5.69 Å². The minimum atomic E-state index is -1.01. The summed E-state index contributed by atoms with van der Waals surface area (Å²) in [5, 5.41) is 8.62. The summed E-state index contributed by atoms with van der Waals surface area (Å²) in [7, 11) is 0. The Balaban J connectivity index is 1.97. The maximum atomic E-state index is 13.4. The third-order valence-corrected chi connectivity index (χ3v) is 4.52. The number of aromatic nitrogens is 4. The van der Waals surface area contributed by atoms with E-state index >= 15 is 0 Å². The van der Waals surface area contributed by atoms with E-state index in [1.165, 1.54) is 28.6 Å². The zero-order valence-corrected chi connectivity index (χ0v) is 14.1. The lowest BCUT2D eigenvalue weighted by Gasteiger charge is -2.07. The lowest BCUT2D eigenvalue weighted by atomic mass is 10.2. The van der Waals surface area contributed by atoms with E-state index in [-0.39, 0.29) is 11.3 Å². The topological polar surface area (TPSA) is 52.2 Å². The van der Waals surface area contributed by atoms with Gasteiger partial charge in [-0.2, -0.15) is 0 Å². The molecule has 8 heteroatoms. The first-order valence-electron chi connectivity index (χ1n) is 7.52. The molecule has 2 heterocycles. The monoisotopic (exact) mass is 350 g/mol. The molecule has 0 saturated heterocycles. The molecule has 0 N–H and O–H groups in total. The third-order valence-electron chi connectivity index (χ3n) is 3.55. The molecular weight excluding hydrogens is 334 g/mol. The first-order chi connectivity index (χ1) is 11.5. The molecule has 1 aromatic carbocycles. The third kappa shape index (κ3) is 3.19. The van der Waals surface area contributed by atoms with E-state index in [0.717, 1.165) is 24.3 Å². The minimum absolute atomic E-state index is 0.147. The van der Waals surface area contributed by atoms with Crippen molar-refractivity contribution < 1.29 is 8.78 Å². The predicted octanol–water partition coefficient (Wildman–Crippen LogP) is 3.30. The normalized spacial score (nSPS) is 11.5. The molecule has 0 unspecified atom stereocenters. The van der Waals surface area contributed by atoms with Crippen LogP contribution in [0.4, 0.5) is 8.78 Å². The molecule has 0 radical (unpaired) electrons. The summed E-state index contributed by atoms with van der Waals surface area (Å²) >= 11 is 1.53. The van der Waals surface area contributed by atoms with Crippen molar-refractivity contribution in [3.05, 3.63) is 52.6 Å². The van der Waals surface area contributed by atoms with Crippen LogP contribution in [0.2, 0.25) is 0 Å². The Labute approximate surface area is 141 Å². The van der Waals surface area contributed by atoms with Gasteiger partial charge in [-0.05, 0) is 24.5 Å². The maximum Gasteiger partial charge on any atom is 0.300 e. The minimum Gasteiger partial charge on any atom is -0.279 e. The first kappa shape index (κ1) is 16.6.